The first-order valence-corrected chi connectivity index (χ1v) is 7.19. The molecule has 0 radical (unpaired) electrons. The van der Waals surface area contributed by atoms with Crippen molar-refractivity contribution in [3.8, 4) is 17.0 Å². The Hall–Kier alpha value is -2.30. The van der Waals surface area contributed by atoms with Crippen LogP contribution in [0.15, 0.2) is 18.2 Å². The molecule has 0 unspecified atom stereocenters. The molecule has 0 fully saturated rings. The maximum atomic E-state index is 11.1. The highest BCUT2D eigenvalue weighted by Gasteiger charge is 2.21. The zero-order valence-corrected chi connectivity index (χ0v) is 12.0. The molecule has 110 valence electrons. The van der Waals surface area contributed by atoms with Crippen molar-refractivity contribution < 1.29 is 15.0 Å². The SMILES string of the molecule is Cn1nc(C(=O)O)cc1-c1c(O)ccc2c1CCCCC2. The van der Waals surface area contributed by atoms with Gasteiger partial charge in [0.15, 0.2) is 5.69 Å². The molecule has 3 rings (SSSR count). The smallest absolute Gasteiger partial charge is 0.356 e. The molecule has 2 aromatic rings. The van der Waals surface area contributed by atoms with Gasteiger partial charge in [-0.1, -0.05) is 12.5 Å². The summed E-state index contributed by atoms with van der Waals surface area (Å²) in [6.45, 7) is 0. The molecule has 1 aromatic carbocycles. The monoisotopic (exact) mass is 286 g/mol. The number of fused-ring (bicyclic) bond motifs is 1. The number of aromatic hydroxyl groups is 1. The van der Waals surface area contributed by atoms with Crippen molar-refractivity contribution in [1.29, 1.82) is 0 Å². The van der Waals surface area contributed by atoms with Gasteiger partial charge in [0, 0.05) is 12.6 Å². The van der Waals surface area contributed by atoms with Crippen molar-refractivity contribution in [2.45, 2.75) is 32.1 Å². The van der Waals surface area contributed by atoms with E-state index in [0.29, 0.717) is 5.69 Å². The molecule has 5 nitrogen and oxygen atoms in total. The van der Waals surface area contributed by atoms with Crippen LogP contribution in [0, 0.1) is 0 Å². The molecular formula is C16H18N2O3. The van der Waals surface area contributed by atoms with Crippen LogP contribution in [0.3, 0.4) is 0 Å². The van der Waals surface area contributed by atoms with Gasteiger partial charge in [0.05, 0.1) is 5.69 Å². The topological polar surface area (TPSA) is 75.4 Å². The Morgan fingerprint density at radius 2 is 2.00 bits per heavy atom. The molecular weight excluding hydrogens is 268 g/mol. The second-order valence-corrected chi connectivity index (χ2v) is 5.50. The van der Waals surface area contributed by atoms with Crippen molar-refractivity contribution in [1.82, 2.24) is 9.78 Å². The Balaban J connectivity index is 2.20. The lowest BCUT2D eigenvalue weighted by atomic mass is 9.94. The molecule has 0 saturated carbocycles. The normalized spacial score (nSPS) is 14.5. The predicted molar refractivity (Wildman–Crippen MR) is 78.5 cm³/mol. The third kappa shape index (κ3) is 2.39. The van der Waals surface area contributed by atoms with Gasteiger partial charge in [-0.05, 0) is 48.9 Å². The lowest BCUT2D eigenvalue weighted by Gasteiger charge is -2.14. The Kier molecular flexibility index (Phi) is 3.41. The first kappa shape index (κ1) is 13.7. The van der Waals surface area contributed by atoms with Crippen molar-refractivity contribution in [2.75, 3.05) is 0 Å². The van der Waals surface area contributed by atoms with Gasteiger partial charge in [0.25, 0.3) is 0 Å². The standard InChI is InChI=1S/C16H18N2O3/c1-18-13(9-12(17-18)16(20)21)15-11-6-4-2-3-5-10(11)7-8-14(15)19/h7-9,19H,2-6H2,1H3,(H,20,21). The summed E-state index contributed by atoms with van der Waals surface area (Å²) in [5.74, 6) is -0.867. The fraction of sp³-hybridized carbons (Fsp3) is 0.375. The summed E-state index contributed by atoms with van der Waals surface area (Å²) in [6, 6.07) is 5.21. The maximum Gasteiger partial charge on any atom is 0.356 e. The van der Waals surface area contributed by atoms with E-state index in [0.717, 1.165) is 36.8 Å². The van der Waals surface area contributed by atoms with E-state index >= 15 is 0 Å². The zero-order valence-electron chi connectivity index (χ0n) is 12.0. The van der Waals surface area contributed by atoms with Crippen molar-refractivity contribution >= 4 is 5.97 Å². The highest BCUT2D eigenvalue weighted by Crippen LogP contribution is 2.37. The summed E-state index contributed by atoms with van der Waals surface area (Å²) < 4.78 is 1.53. The summed E-state index contributed by atoms with van der Waals surface area (Å²) >= 11 is 0. The molecule has 21 heavy (non-hydrogen) atoms. The van der Waals surface area contributed by atoms with Gasteiger partial charge in [-0.15, -0.1) is 0 Å². The molecule has 0 saturated heterocycles. The third-order valence-corrected chi connectivity index (χ3v) is 4.12. The summed E-state index contributed by atoms with van der Waals surface area (Å²) in [5, 5.41) is 23.4. The van der Waals surface area contributed by atoms with Crippen LogP contribution in [0.1, 0.15) is 40.9 Å². The average Bonchev–Trinajstić information content (AvgIpc) is 2.68. The number of carboxylic acid groups (broad SMARTS) is 1. The van der Waals surface area contributed by atoms with Crippen LogP contribution in [0.5, 0.6) is 5.75 Å². The van der Waals surface area contributed by atoms with Crippen molar-refractivity contribution in [2.24, 2.45) is 7.05 Å². The number of aromatic carboxylic acids is 1. The van der Waals surface area contributed by atoms with Gasteiger partial charge in [-0.3, -0.25) is 4.68 Å². The largest absolute Gasteiger partial charge is 0.507 e. The third-order valence-electron chi connectivity index (χ3n) is 4.12. The summed E-state index contributed by atoms with van der Waals surface area (Å²) in [7, 11) is 1.71. The van der Waals surface area contributed by atoms with Crippen LogP contribution in [0.25, 0.3) is 11.3 Å². The summed E-state index contributed by atoms with van der Waals surface area (Å²) in [6.07, 6.45) is 5.34. The molecule has 0 bridgehead atoms. The minimum atomic E-state index is -1.06. The van der Waals surface area contributed by atoms with E-state index in [1.54, 1.807) is 13.1 Å². The van der Waals surface area contributed by atoms with E-state index in [9.17, 15) is 9.90 Å². The zero-order chi connectivity index (χ0) is 15.0. The molecule has 5 heteroatoms. The fourth-order valence-corrected chi connectivity index (χ4v) is 3.08. The minimum absolute atomic E-state index is 0.00174. The number of benzene rings is 1. The number of hydrogen-bond acceptors (Lipinski definition) is 3. The lowest BCUT2D eigenvalue weighted by Crippen LogP contribution is -2.01. The first-order chi connectivity index (χ1) is 10.1. The van der Waals surface area contributed by atoms with Gasteiger partial charge in [-0.2, -0.15) is 5.10 Å². The van der Waals surface area contributed by atoms with Gasteiger partial charge in [-0.25, -0.2) is 4.79 Å². The number of phenolic OH excluding ortho intramolecular Hbond substituents is 1. The molecule has 2 N–H and O–H groups in total. The molecule has 0 atom stereocenters. The number of aromatic nitrogens is 2. The number of phenols is 1. The van der Waals surface area contributed by atoms with Crippen LogP contribution in [-0.2, 0) is 19.9 Å². The fourth-order valence-electron chi connectivity index (χ4n) is 3.08. The Labute approximate surface area is 122 Å². The van der Waals surface area contributed by atoms with Crippen molar-refractivity contribution in [3.05, 3.63) is 35.0 Å². The average molecular weight is 286 g/mol. The van der Waals surface area contributed by atoms with E-state index in [-0.39, 0.29) is 11.4 Å². The Morgan fingerprint density at radius 1 is 1.24 bits per heavy atom. The summed E-state index contributed by atoms with van der Waals surface area (Å²) in [5.41, 5.74) is 3.77. The maximum absolute atomic E-state index is 11.1. The number of carbonyl (C=O) groups is 1. The second kappa shape index (κ2) is 5.24. The van der Waals surface area contributed by atoms with E-state index in [4.69, 9.17) is 5.11 Å². The van der Waals surface area contributed by atoms with Gasteiger partial charge in [0.1, 0.15) is 5.75 Å². The van der Waals surface area contributed by atoms with E-state index in [1.165, 1.54) is 22.7 Å². The molecule has 1 aliphatic carbocycles. The van der Waals surface area contributed by atoms with Crippen LogP contribution in [0.4, 0.5) is 0 Å². The second-order valence-electron chi connectivity index (χ2n) is 5.50. The van der Waals surface area contributed by atoms with E-state index < -0.39 is 5.97 Å². The highest BCUT2D eigenvalue weighted by molar-refractivity contribution is 5.87. The van der Waals surface area contributed by atoms with Crippen LogP contribution in [0.2, 0.25) is 0 Å². The quantitative estimate of drug-likeness (QED) is 0.832. The van der Waals surface area contributed by atoms with Gasteiger partial charge >= 0.3 is 5.97 Å². The van der Waals surface area contributed by atoms with E-state index in [1.807, 2.05) is 6.07 Å². The van der Waals surface area contributed by atoms with Gasteiger partial charge < -0.3 is 10.2 Å². The Morgan fingerprint density at radius 3 is 2.71 bits per heavy atom. The summed E-state index contributed by atoms with van der Waals surface area (Å²) in [4.78, 5) is 11.1. The lowest BCUT2D eigenvalue weighted by molar-refractivity contribution is 0.0689. The number of rotatable bonds is 2. The molecule has 0 amide bonds. The first-order valence-electron chi connectivity index (χ1n) is 7.19. The van der Waals surface area contributed by atoms with Crippen LogP contribution < -0.4 is 0 Å². The Bertz CT molecular complexity index is 704. The predicted octanol–water partition coefficient (Wildman–Crippen LogP) is 2.76. The molecule has 0 aliphatic heterocycles. The van der Waals surface area contributed by atoms with Gasteiger partial charge in [0.2, 0.25) is 0 Å². The van der Waals surface area contributed by atoms with Crippen LogP contribution in [-0.4, -0.2) is 26.0 Å². The molecule has 1 aromatic heterocycles. The number of nitrogens with zero attached hydrogens (tertiary/aromatic N) is 2. The number of hydrogen-bond donors (Lipinski definition) is 2. The number of carboxylic acids is 1. The van der Waals surface area contributed by atoms with E-state index in [2.05, 4.69) is 5.10 Å². The van der Waals surface area contributed by atoms with Crippen LogP contribution >= 0.6 is 0 Å². The highest BCUT2D eigenvalue weighted by atomic mass is 16.4. The number of aryl methyl sites for hydroxylation is 2. The molecule has 0 spiro atoms. The molecule has 1 aliphatic rings. The molecule has 1 heterocycles. The van der Waals surface area contributed by atoms with Crippen molar-refractivity contribution in [3.63, 3.8) is 0 Å². The minimum Gasteiger partial charge on any atom is -0.507 e.